The zero-order chi connectivity index (χ0) is 29.5. The predicted molar refractivity (Wildman–Crippen MR) is 142 cm³/mol. The standard InChI is InChI=1S/C23H22ClN5O9S2/c24-17-3-9-20(10-4-17)39(35,36)27-23(31)25-18-5-11-21(12-6-18)40(37,38)28(14-13-22(30)26-32)15-16-1-7-19(8-2-16)29(33)34/h1-12,32H,13-15H2,(H,26,30)(H2,25,27,31). The minimum atomic E-state index is -4.24. The molecule has 3 amide bonds. The molecule has 3 aromatic rings. The maximum atomic E-state index is 13.3. The number of halogens is 1. The fourth-order valence-electron chi connectivity index (χ4n) is 3.30. The summed E-state index contributed by atoms with van der Waals surface area (Å²) in [6.45, 7) is -0.583. The average Bonchev–Trinajstić information content (AvgIpc) is 2.91. The number of amides is 3. The maximum absolute atomic E-state index is 13.3. The first kappa shape index (κ1) is 30.5. The first-order valence-electron chi connectivity index (χ1n) is 11.2. The highest BCUT2D eigenvalue weighted by Crippen LogP contribution is 2.22. The Morgan fingerprint density at radius 2 is 1.48 bits per heavy atom. The molecule has 0 aromatic heterocycles. The van der Waals surface area contributed by atoms with Crippen LogP contribution >= 0.6 is 11.6 Å². The molecule has 0 saturated carbocycles. The molecule has 3 aromatic carbocycles. The van der Waals surface area contributed by atoms with Gasteiger partial charge in [-0.05, 0) is 54.1 Å². The third kappa shape index (κ3) is 7.96. The first-order chi connectivity index (χ1) is 18.8. The van der Waals surface area contributed by atoms with E-state index in [-0.39, 0.29) is 40.7 Å². The summed E-state index contributed by atoms with van der Waals surface area (Å²) in [5, 5.41) is 22.3. The second-order valence-corrected chi connectivity index (χ2v) is 12.1. The van der Waals surface area contributed by atoms with Crippen LogP contribution in [0.5, 0.6) is 0 Å². The quantitative estimate of drug-likeness (QED) is 0.143. The van der Waals surface area contributed by atoms with E-state index >= 15 is 0 Å². The topological polar surface area (TPSA) is 205 Å². The van der Waals surface area contributed by atoms with Crippen LogP contribution < -0.4 is 15.5 Å². The second-order valence-electron chi connectivity index (χ2n) is 8.09. The Labute approximate surface area is 233 Å². The van der Waals surface area contributed by atoms with E-state index in [1.807, 2.05) is 4.72 Å². The van der Waals surface area contributed by atoms with Crippen molar-refractivity contribution in [3.8, 4) is 0 Å². The second kappa shape index (κ2) is 12.8. The van der Waals surface area contributed by atoms with Crippen molar-refractivity contribution in [1.29, 1.82) is 0 Å². The monoisotopic (exact) mass is 611 g/mol. The molecule has 0 unspecified atom stereocenters. The number of hydroxylamine groups is 1. The van der Waals surface area contributed by atoms with E-state index in [4.69, 9.17) is 16.8 Å². The number of nitro groups is 1. The lowest BCUT2D eigenvalue weighted by molar-refractivity contribution is -0.384. The molecule has 0 aliphatic carbocycles. The van der Waals surface area contributed by atoms with Crippen molar-refractivity contribution in [2.24, 2.45) is 0 Å². The van der Waals surface area contributed by atoms with Crippen LogP contribution in [0.15, 0.2) is 82.6 Å². The van der Waals surface area contributed by atoms with E-state index in [1.54, 1.807) is 0 Å². The number of nitrogens with zero attached hydrogens (tertiary/aromatic N) is 2. The van der Waals surface area contributed by atoms with Crippen LogP contribution in [-0.2, 0) is 31.4 Å². The normalized spacial score (nSPS) is 11.6. The van der Waals surface area contributed by atoms with Gasteiger partial charge in [-0.1, -0.05) is 23.7 Å². The molecule has 40 heavy (non-hydrogen) atoms. The lowest BCUT2D eigenvalue weighted by Gasteiger charge is -2.22. The minimum absolute atomic E-state index is 0.0735. The van der Waals surface area contributed by atoms with E-state index in [0.717, 1.165) is 16.4 Å². The Morgan fingerprint density at radius 3 is 2.02 bits per heavy atom. The van der Waals surface area contributed by atoms with E-state index < -0.39 is 36.9 Å². The lowest BCUT2D eigenvalue weighted by Crippen LogP contribution is -2.35. The number of rotatable bonds is 11. The molecular weight excluding hydrogens is 590 g/mol. The SMILES string of the molecule is O=C(CCN(Cc1ccc([N+](=O)[O-])cc1)S(=O)(=O)c1ccc(NC(=O)NS(=O)(=O)c2ccc(Cl)cc2)cc1)NO. The van der Waals surface area contributed by atoms with Crippen molar-refractivity contribution >= 4 is 55.0 Å². The highest BCUT2D eigenvalue weighted by Gasteiger charge is 2.26. The molecule has 0 heterocycles. The summed E-state index contributed by atoms with van der Waals surface area (Å²) in [4.78, 5) is 33.7. The van der Waals surface area contributed by atoms with E-state index in [1.165, 1.54) is 66.1 Å². The maximum Gasteiger partial charge on any atom is 0.333 e. The molecule has 0 radical (unpaired) electrons. The van der Waals surface area contributed by atoms with Gasteiger partial charge in [0.25, 0.3) is 15.7 Å². The molecule has 0 spiro atoms. The van der Waals surface area contributed by atoms with E-state index in [9.17, 15) is 36.5 Å². The van der Waals surface area contributed by atoms with Crippen molar-refractivity contribution in [3.05, 3.63) is 93.5 Å². The molecule has 0 saturated heterocycles. The number of hydrogen-bond acceptors (Lipinski definition) is 9. The van der Waals surface area contributed by atoms with E-state index in [0.29, 0.717) is 10.6 Å². The number of carbonyl (C=O) groups excluding carboxylic acids is 2. The molecular formula is C23H22ClN5O9S2. The summed E-state index contributed by atoms with van der Waals surface area (Å²) in [6, 6.07) is 13.9. The Balaban J connectivity index is 1.75. The number of sulfonamides is 2. The molecule has 3 rings (SSSR count). The van der Waals surface area contributed by atoms with Crippen LogP contribution in [-0.4, -0.2) is 49.8 Å². The number of carbonyl (C=O) groups is 2. The van der Waals surface area contributed by atoms with Gasteiger partial charge in [0.15, 0.2) is 0 Å². The van der Waals surface area contributed by atoms with Gasteiger partial charge in [-0.3, -0.25) is 20.1 Å². The third-order valence-electron chi connectivity index (χ3n) is 5.32. The summed E-state index contributed by atoms with van der Waals surface area (Å²) in [6.07, 6.45) is -0.384. The van der Waals surface area contributed by atoms with E-state index in [2.05, 4.69) is 5.32 Å². The van der Waals surface area contributed by atoms with Crippen molar-refractivity contribution < 1.29 is 36.6 Å². The fraction of sp³-hybridized carbons (Fsp3) is 0.130. The molecule has 212 valence electrons. The number of nitrogens with one attached hydrogen (secondary N) is 3. The lowest BCUT2D eigenvalue weighted by atomic mass is 10.2. The van der Waals surface area contributed by atoms with Gasteiger partial charge in [0.05, 0.1) is 14.7 Å². The van der Waals surface area contributed by atoms with Crippen LogP contribution in [0.3, 0.4) is 0 Å². The molecule has 17 heteroatoms. The predicted octanol–water partition coefficient (Wildman–Crippen LogP) is 2.85. The molecule has 0 fully saturated rings. The fourth-order valence-corrected chi connectivity index (χ4v) is 5.77. The zero-order valence-electron chi connectivity index (χ0n) is 20.4. The molecule has 0 aliphatic rings. The van der Waals surface area contributed by atoms with Crippen LogP contribution in [0.2, 0.25) is 5.02 Å². The third-order valence-corrected chi connectivity index (χ3v) is 8.78. The molecule has 0 aliphatic heterocycles. The van der Waals surface area contributed by atoms with Gasteiger partial charge in [-0.25, -0.2) is 31.8 Å². The summed E-state index contributed by atoms with van der Waals surface area (Å²) >= 11 is 5.74. The van der Waals surface area contributed by atoms with Crippen molar-refractivity contribution in [1.82, 2.24) is 14.5 Å². The Bertz CT molecular complexity index is 1600. The average molecular weight is 612 g/mol. The highest BCUT2D eigenvalue weighted by atomic mass is 35.5. The Morgan fingerprint density at radius 1 is 0.900 bits per heavy atom. The highest BCUT2D eigenvalue weighted by molar-refractivity contribution is 7.90. The molecule has 0 bridgehead atoms. The number of anilines is 1. The van der Waals surface area contributed by atoms with Crippen LogP contribution in [0.1, 0.15) is 12.0 Å². The van der Waals surface area contributed by atoms with Gasteiger partial charge in [0.2, 0.25) is 15.9 Å². The molecule has 4 N–H and O–H groups in total. The summed E-state index contributed by atoms with van der Waals surface area (Å²) < 4.78 is 54.2. The van der Waals surface area contributed by atoms with Gasteiger partial charge in [-0.2, -0.15) is 4.31 Å². The van der Waals surface area contributed by atoms with Gasteiger partial charge in [-0.15, -0.1) is 0 Å². The number of nitro benzene ring substituents is 1. The summed E-state index contributed by atoms with van der Waals surface area (Å²) in [5.74, 6) is -0.831. The largest absolute Gasteiger partial charge is 0.333 e. The number of non-ortho nitro benzene ring substituents is 1. The van der Waals surface area contributed by atoms with Gasteiger partial charge < -0.3 is 5.32 Å². The molecule has 14 nitrogen and oxygen atoms in total. The van der Waals surface area contributed by atoms with Crippen LogP contribution in [0.25, 0.3) is 0 Å². The molecule has 0 atom stereocenters. The summed E-state index contributed by atoms with van der Waals surface area (Å²) in [5.41, 5.74) is 1.70. The Kier molecular flexibility index (Phi) is 9.78. The first-order valence-corrected chi connectivity index (χ1v) is 14.5. The van der Waals surface area contributed by atoms with Gasteiger partial charge >= 0.3 is 6.03 Å². The van der Waals surface area contributed by atoms with Crippen LogP contribution in [0.4, 0.5) is 16.2 Å². The van der Waals surface area contributed by atoms with Gasteiger partial charge in [0.1, 0.15) is 0 Å². The van der Waals surface area contributed by atoms with Crippen molar-refractivity contribution in [2.75, 3.05) is 11.9 Å². The summed E-state index contributed by atoms with van der Waals surface area (Å²) in [7, 11) is -8.44. The number of benzene rings is 3. The Hall–Kier alpha value is -4.09. The smallest absolute Gasteiger partial charge is 0.307 e. The zero-order valence-corrected chi connectivity index (χ0v) is 22.7. The number of hydrogen-bond donors (Lipinski definition) is 4. The van der Waals surface area contributed by atoms with Gasteiger partial charge in [0, 0.05) is 42.4 Å². The number of urea groups is 1. The van der Waals surface area contributed by atoms with Crippen LogP contribution in [0, 0.1) is 10.1 Å². The van der Waals surface area contributed by atoms with Crippen molar-refractivity contribution in [2.45, 2.75) is 22.8 Å². The van der Waals surface area contributed by atoms with Crippen molar-refractivity contribution in [3.63, 3.8) is 0 Å². The minimum Gasteiger partial charge on any atom is -0.307 e.